The first kappa shape index (κ1) is 22.8. The Bertz CT molecular complexity index is 1130. The van der Waals surface area contributed by atoms with Gasteiger partial charge in [-0.2, -0.15) is 0 Å². The number of hydrogen-bond donors (Lipinski definition) is 1. The number of halogens is 1. The molecule has 0 aliphatic carbocycles. The molecule has 0 bridgehead atoms. The molecular formula is C23H25BrN2O5. The van der Waals surface area contributed by atoms with Gasteiger partial charge in [0.25, 0.3) is 0 Å². The average Bonchev–Trinajstić information content (AvgIpc) is 2.69. The summed E-state index contributed by atoms with van der Waals surface area (Å²) >= 11 is 3.38. The third kappa shape index (κ3) is 6.08. The molecule has 3 aromatic rings. The van der Waals surface area contributed by atoms with E-state index >= 15 is 0 Å². The zero-order chi connectivity index (χ0) is 22.4. The first-order chi connectivity index (χ1) is 14.9. The molecule has 1 heterocycles. The predicted molar refractivity (Wildman–Crippen MR) is 124 cm³/mol. The fraction of sp³-hybridized carbons (Fsp3) is 0.304. The molecule has 31 heavy (non-hydrogen) atoms. The quantitative estimate of drug-likeness (QED) is 0.449. The third-order valence-corrected chi connectivity index (χ3v) is 4.97. The maximum atomic E-state index is 12.6. The number of nitrogens with zero attached hydrogens (tertiary/aromatic N) is 1. The fourth-order valence-electron chi connectivity index (χ4n) is 3.26. The number of amides is 1. The summed E-state index contributed by atoms with van der Waals surface area (Å²) in [7, 11) is 1.82. The van der Waals surface area contributed by atoms with Gasteiger partial charge in [-0.25, -0.2) is 4.79 Å². The van der Waals surface area contributed by atoms with Crippen molar-refractivity contribution in [1.29, 1.82) is 0 Å². The number of fused-ring (bicyclic) bond motifs is 1. The number of likely N-dealkylation sites (N-methyl/N-ethyl adjacent to an activating group) is 1. The number of ether oxygens (including phenoxy) is 2. The van der Waals surface area contributed by atoms with Crippen LogP contribution in [0.25, 0.3) is 11.0 Å². The summed E-state index contributed by atoms with van der Waals surface area (Å²) in [6, 6.07) is 12.3. The molecule has 0 saturated heterocycles. The van der Waals surface area contributed by atoms with Crippen LogP contribution in [0.5, 0.6) is 11.5 Å². The molecule has 0 fully saturated rings. The zero-order valence-electron chi connectivity index (χ0n) is 17.7. The van der Waals surface area contributed by atoms with Crippen molar-refractivity contribution in [1.82, 2.24) is 4.90 Å². The van der Waals surface area contributed by atoms with E-state index in [1.54, 1.807) is 24.3 Å². The third-order valence-electron chi connectivity index (χ3n) is 4.47. The van der Waals surface area contributed by atoms with Crippen LogP contribution >= 0.6 is 15.9 Å². The highest BCUT2D eigenvalue weighted by molar-refractivity contribution is 9.10. The lowest BCUT2D eigenvalue weighted by molar-refractivity contribution is -0.117. The Balaban J connectivity index is 1.68. The summed E-state index contributed by atoms with van der Waals surface area (Å²) in [5, 5.41) is 3.72. The number of hydrogen-bond acceptors (Lipinski definition) is 6. The number of carbonyl (C=O) groups excluding carboxylic acids is 1. The zero-order valence-corrected chi connectivity index (χ0v) is 19.3. The van der Waals surface area contributed by atoms with Gasteiger partial charge in [-0.1, -0.05) is 15.9 Å². The van der Waals surface area contributed by atoms with Crippen molar-refractivity contribution in [3.05, 3.63) is 62.9 Å². The summed E-state index contributed by atoms with van der Waals surface area (Å²) in [5.41, 5.74) is 1.51. The van der Waals surface area contributed by atoms with Crippen LogP contribution in [0.2, 0.25) is 0 Å². The largest absolute Gasteiger partial charge is 0.490 e. The number of carbonyl (C=O) groups is 1. The Hall–Kier alpha value is -2.84. The van der Waals surface area contributed by atoms with E-state index in [2.05, 4.69) is 21.2 Å². The SMILES string of the molecule is CCOc1ccc(NC(=O)CN(C)Cc2cc(=O)oc3cc(Br)ccc23)cc1OCC. The van der Waals surface area contributed by atoms with Crippen LogP contribution in [-0.2, 0) is 11.3 Å². The molecule has 7 nitrogen and oxygen atoms in total. The van der Waals surface area contributed by atoms with Gasteiger partial charge in [-0.3, -0.25) is 9.69 Å². The molecule has 0 unspecified atom stereocenters. The maximum absolute atomic E-state index is 12.6. The number of benzene rings is 2. The second-order valence-corrected chi connectivity index (χ2v) is 7.89. The van der Waals surface area contributed by atoms with Gasteiger partial charge in [0.05, 0.1) is 19.8 Å². The molecule has 164 valence electrons. The Kier molecular flexibility index (Phi) is 7.70. The molecule has 1 amide bonds. The first-order valence-corrected chi connectivity index (χ1v) is 10.8. The minimum absolute atomic E-state index is 0.148. The van der Waals surface area contributed by atoms with E-state index in [0.29, 0.717) is 42.5 Å². The van der Waals surface area contributed by atoms with Crippen LogP contribution in [0.4, 0.5) is 5.69 Å². The van der Waals surface area contributed by atoms with Gasteiger partial charge in [0.15, 0.2) is 11.5 Å². The minimum atomic E-state index is -0.420. The van der Waals surface area contributed by atoms with Crippen molar-refractivity contribution in [2.45, 2.75) is 20.4 Å². The molecule has 3 rings (SSSR count). The van der Waals surface area contributed by atoms with Crippen molar-refractivity contribution in [3.8, 4) is 11.5 Å². The van der Waals surface area contributed by atoms with Crippen LogP contribution in [-0.4, -0.2) is 37.6 Å². The molecule has 2 aromatic carbocycles. The van der Waals surface area contributed by atoms with Crippen LogP contribution in [0, 0.1) is 0 Å². The van der Waals surface area contributed by atoms with Crippen molar-refractivity contribution >= 4 is 38.5 Å². The van der Waals surface area contributed by atoms with Crippen LogP contribution in [0.3, 0.4) is 0 Å². The van der Waals surface area contributed by atoms with E-state index in [0.717, 1.165) is 15.4 Å². The molecule has 0 aliphatic rings. The maximum Gasteiger partial charge on any atom is 0.336 e. The molecule has 1 aromatic heterocycles. The van der Waals surface area contributed by atoms with Gasteiger partial charge in [-0.05, 0) is 56.8 Å². The highest BCUT2D eigenvalue weighted by atomic mass is 79.9. The second-order valence-electron chi connectivity index (χ2n) is 6.98. The van der Waals surface area contributed by atoms with Gasteiger partial charge < -0.3 is 19.2 Å². The fourth-order valence-corrected chi connectivity index (χ4v) is 3.60. The Morgan fingerprint density at radius 2 is 1.81 bits per heavy atom. The standard InChI is InChI=1S/C23H25BrN2O5/c1-4-29-19-9-7-17(12-21(19)30-5-2)25-22(27)14-26(3)13-15-10-23(28)31-20-11-16(24)6-8-18(15)20/h6-12H,4-5,13-14H2,1-3H3,(H,25,27). The van der Waals surface area contributed by atoms with Crippen LogP contribution in [0.15, 0.2) is 56.1 Å². The van der Waals surface area contributed by atoms with Crippen molar-refractivity contribution < 1.29 is 18.7 Å². The van der Waals surface area contributed by atoms with Gasteiger partial charge >= 0.3 is 5.63 Å². The molecule has 0 atom stereocenters. The highest BCUT2D eigenvalue weighted by Gasteiger charge is 2.13. The topological polar surface area (TPSA) is 81.0 Å². The highest BCUT2D eigenvalue weighted by Crippen LogP contribution is 2.30. The van der Waals surface area contributed by atoms with Gasteiger partial charge in [0.1, 0.15) is 5.58 Å². The van der Waals surface area contributed by atoms with E-state index < -0.39 is 5.63 Å². The lowest BCUT2D eigenvalue weighted by Gasteiger charge is -2.18. The Morgan fingerprint density at radius 1 is 1.06 bits per heavy atom. The molecule has 0 radical (unpaired) electrons. The van der Waals surface area contributed by atoms with Crippen LogP contribution < -0.4 is 20.4 Å². The molecule has 0 saturated carbocycles. The molecule has 0 spiro atoms. The van der Waals surface area contributed by atoms with E-state index in [-0.39, 0.29) is 12.5 Å². The predicted octanol–water partition coefficient (Wildman–Crippen LogP) is 4.42. The molecule has 8 heteroatoms. The van der Waals surface area contributed by atoms with Crippen molar-refractivity contribution in [2.24, 2.45) is 0 Å². The first-order valence-electron chi connectivity index (χ1n) is 10.00. The van der Waals surface area contributed by atoms with E-state index in [4.69, 9.17) is 13.9 Å². The van der Waals surface area contributed by atoms with Gasteiger partial charge in [0, 0.05) is 34.2 Å². The van der Waals surface area contributed by atoms with E-state index in [1.165, 1.54) is 6.07 Å². The monoisotopic (exact) mass is 488 g/mol. The summed E-state index contributed by atoms with van der Waals surface area (Å²) in [4.78, 5) is 26.3. The molecular weight excluding hydrogens is 464 g/mol. The Morgan fingerprint density at radius 3 is 2.55 bits per heavy atom. The average molecular weight is 489 g/mol. The van der Waals surface area contributed by atoms with E-state index in [9.17, 15) is 9.59 Å². The lowest BCUT2D eigenvalue weighted by Crippen LogP contribution is -2.30. The Labute approximate surface area is 189 Å². The summed E-state index contributed by atoms with van der Waals surface area (Å²) in [6.45, 7) is 5.39. The number of anilines is 1. The number of rotatable bonds is 9. The lowest BCUT2D eigenvalue weighted by atomic mass is 10.1. The smallest absolute Gasteiger partial charge is 0.336 e. The minimum Gasteiger partial charge on any atom is -0.490 e. The van der Waals surface area contributed by atoms with Crippen LogP contribution in [0.1, 0.15) is 19.4 Å². The van der Waals surface area contributed by atoms with E-state index in [1.807, 2.05) is 37.9 Å². The summed E-state index contributed by atoms with van der Waals surface area (Å²) in [5.74, 6) is 1.05. The van der Waals surface area contributed by atoms with Gasteiger partial charge in [0.2, 0.25) is 5.91 Å². The molecule has 1 N–H and O–H groups in total. The molecule has 0 aliphatic heterocycles. The van der Waals surface area contributed by atoms with Gasteiger partial charge in [-0.15, -0.1) is 0 Å². The normalized spacial score (nSPS) is 11.0. The second kappa shape index (κ2) is 10.5. The summed E-state index contributed by atoms with van der Waals surface area (Å²) in [6.07, 6.45) is 0. The number of nitrogens with one attached hydrogen (secondary N) is 1. The van der Waals surface area contributed by atoms with Crippen molar-refractivity contribution in [2.75, 3.05) is 32.1 Å². The van der Waals surface area contributed by atoms with Crippen molar-refractivity contribution in [3.63, 3.8) is 0 Å². The summed E-state index contributed by atoms with van der Waals surface area (Å²) < 4.78 is 17.3.